The van der Waals surface area contributed by atoms with Crippen LogP contribution in [0.3, 0.4) is 0 Å². The SMILES string of the molecule is Cc1cc(C(=O)OCC(=O)NCc2ccc3c(c2)OCO3)on1. The topological polar surface area (TPSA) is 99.9 Å². The number of benzene rings is 1. The van der Waals surface area contributed by atoms with Crippen molar-refractivity contribution in [1.82, 2.24) is 10.5 Å². The van der Waals surface area contributed by atoms with Crippen molar-refractivity contribution in [3.8, 4) is 11.5 Å². The first-order chi connectivity index (χ1) is 11.1. The molecule has 1 N–H and O–H groups in total. The van der Waals surface area contributed by atoms with Crippen molar-refractivity contribution in [3.63, 3.8) is 0 Å². The Morgan fingerprint density at radius 2 is 2.09 bits per heavy atom. The molecule has 8 nitrogen and oxygen atoms in total. The predicted octanol–water partition coefficient (Wildman–Crippen LogP) is 1.18. The van der Waals surface area contributed by atoms with E-state index in [1.165, 1.54) is 6.07 Å². The summed E-state index contributed by atoms with van der Waals surface area (Å²) < 4.78 is 20.0. The molecule has 0 atom stereocenters. The molecule has 1 aliphatic rings. The highest BCUT2D eigenvalue weighted by Gasteiger charge is 2.16. The summed E-state index contributed by atoms with van der Waals surface area (Å²) in [5.41, 5.74) is 1.41. The Bertz CT molecular complexity index is 739. The van der Waals surface area contributed by atoms with E-state index in [1.54, 1.807) is 19.1 Å². The molecule has 8 heteroatoms. The molecule has 2 heterocycles. The Balaban J connectivity index is 1.45. The minimum atomic E-state index is -0.733. The molecule has 1 aliphatic heterocycles. The first-order valence-corrected chi connectivity index (χ1v) is 6.87. The molecule has 0 spiro atoms. The molecular weight excluding hydrogens is 304 g/mol. The summed E-state index contributed by atoms with van der Waals surface area (Å²) >= 11 is 0. The monoisotopic (exact) mass is 318 g/mol. The van der Waals surface area contributed by atoms with E-state index in [9.17, 15) is 9.59 Å². The predicted molar refractivity (Wildman–Crippen MR) is 75.9 cm³/mol. The van der Waals surface area contributed by atoms with E-state index < -0.39 is 18.5 Å². The van der Waals surface area contributed by atoms with Crippen LogP contribution in [0.2, 0.25) is 0 Å². The van der Waals surface area contributed by atoms with Gasteiger partial charge in [0.15, 0.2) is 18.1 Å². The summed E-state index contributed by atoms with van der Waals surface area (Å²) in [7, 11) is 0. The molecule has 0 bridgehead atoms. The van der Waals surface area contributed by atoms with Gasteiger partial charge < -0.3 is 24.1 Å². The molecule has 0 saturated heterocycles. The Morgan fingerprint density at radius 3 is 2.87 bits per heavy atom. The normalized spacial score (nSPS) is 12.0. The van der Waals surface area contributed by atoms with Gasteiger partial charge in [0.2, 0.25) is 12.6 Å². The van der Waals surface area contributed by atoms with Crippen LogP contribution in [0.15, 0.2) is 28.8 Å². The summed E-state index contributed by atoms with van der Waals surface area (Å²) in [5, 5.41) is 6.21. The number of fused-ring (bicyclic) bond motifs is 1. The highest BCUT2D eigenvalue weighted by atomic mass is 16.7. The highest BCUT2D eigenvalue weighted by Crippen LogP contribution is 2.32. The Kier molecular flexibility index (Phi) is 4.13. The minimum absolute atomic E-state index is 0.0360. The molecule has 3 rings (SSSR count). The number of hydrogen-bond acceptors (Lipinski definition) is 7. The number of nitrogens with zero attached hydrogens (tertiary/aromatic N) is 1. The molecule has 0 aliphatic carbocycles. The lowest BCUT2D eigenvalue weighted by Gasteiger charge is -2.06. The molecule has 23 heavy (non-hydrogen) atoms. The first kappa shape index (κ1) is 14.9. The van der Waals surface area contributed by atoms with Crippen molar-refractivity contribution in [3.05, 3.63) is 41.3 Å². The lowest BCUT2D eigenvalue weighted by atomic mass is 10.2. The maximum atomic E-state index is 11.7. The van der Waals surface area contributed by atoms with Crippen molar-refractivity contribution in [2.24, 2.45) is 0 Å². The number of ether oxygens (including phenoxy) is 3. The van der Waals surface area contributed by atoms with Crippen LogP contribution in [-0.4, -0.2) is 30.4 Å². The zero-order valence-electron chi connectivity index (χ0n) is 12.3. The molecule has 120 valence electrons. The number of carbonyl (C=O) groups excluding carboxylic acids is 2. The van der Waals surface area contributed by atoms with Gasteiger partial charge in [-0.3, -0.25) is 4.79 Å². The zero-order valence-corrected chi connectivity index (χ0v) is 12.3. The van der Waals surface area contributed by atoms with E-state index in [2.05, 4.69) is 10.5 Å². The number of carbonyl (C=O) groups is 2. The molecule has 2 aromatic rings. The number of aryl methyl sites for hydroxylation is 1. The van der Waals surface area contributed by atoms with Crippen LogP contribution >= 0.6 is 0 Å². The van der Waals surface area contributed by atoms with Gasteiger partial charge >= 0.3 is 5.97 Å². The van der Waals surface area contributed by atoms with Crippen LogP contribution in [-0.2, 0) is 16.1 Å². The van der Waals surface area contributed by atoms with Gasteiger partial charge in [0.25, 0.3) is 5.91 Å². The average molecular weight is 318 g/mol. The van der Waals surface area contributed by atoms with Crippen molar-refractivity contribution in [2.45, 2.75) is 13.5 Å². The molecule has 0 unspecified atom stereocenters. The maximum Gasteiger partial charge on any atom is 0.377 e. The number of hydrogen-bond donors (Lipinski definition) is 1. The molecule has 1 amide bonds. The number of nitrogens with one attached hydrogen (secondary N) is 1. The van der Waals surface area contributed by atoms with Gasteiger partial charge in [-0.2, -0.15) is 0 Å². The number of aromatic nitrogens is 1. The second kappa shape index (κ2) is 6.39. The zero-order chi connectivity index (χ0) is 16.2. The molecular formula is C15H14N2O6. The van der Waals surface area contributed by atoms with E-state index in [1.807, 2.05) is 6.07 Å². The fourth-order valence-electron chi connectivity index (χ4n) is 1.96. The number of rotatable bonds is 5. The third-order valence-corrected chi connectivity index (χ3v) is 3.09. The van der Waals surface area contributed by atoms with Gasteiger partial charge in [-0.15, -0.1) is 0 Å². The van der Waals surface area contributed by atoms with Gasteiger partial charge in [0, 0.05) is 12.6 Å². The highest BCUT2D eigenvalue weighted by molar-refractivity contribution is 5.88. The van der Waals surface area contributed by atoms with Crippen LogP contribution in [0.4, 0.5) is 0 Å². The van der Waals surface area contributed by atoms with Crippen molar-refractivity contribution in [1.29, 1.82) is 0 Å². The van der Waals surface area contributed by atoms with Gasteiger partial charge in [0.1, 0.15) is 0 Å². The fourth-order valence-corrected chi connectivity index (χ4v) is 1.96. The maximum absolute atomic E-state index is 11.7. The van der Waals surface area contributed by atoms with Crippen LogP contribution in [0, 0.1) is 6.92 Å². The van der Waals surface area contributed by atoms with Crippen LogP contribution in [0.25, 0.3) is 0 Å². The lowest BCUT2D eigenvalue weighted by Crippen LogP contribution is -2.28. The second-order valence-electron chi connectivity index (χ2n) is 4.87. The second-order valence-corrected chi connectivity index (χ2v) is 4.87. The minimum Gasteiger partial charge on any atom is -0.454 e. The van der Waals surface area contributed by atoms with Gasteiger partial charge in [-0.05, 0) is 24.6 Å². The third-order valence-electron chi connectivity index (χ3n) is 3.09. The Morgan fingerprint density at radius 1 is 1.26 bits per heavy atom. The third kappa shape index (κ3) is 3.60. The summed E-state index contributed by atoms with van der Waals surface area (Å²) in [5.74, 6) is 0.127. The van der Waals surface area contributed by atoms with Crippen molar-refractivity contribution >= 4 is 11.9 Å². The summed E-state index contributed by atoms with van der Waals surface area (Å²) in [6, 6.07) is 6.81. The fraction of sp³-hybridized carbons (Fsp3) is 0.267. The summed E-state index contributed by atoms with van der Waals surface area (Å²) in [6.07, 6.45) is 0. The molecule has 1 aromatic heterocycles. The van der Waals surface area contributed by atoms with Gasteiger partial charge in [-0.25, -0.2) is 4.79 Å². The molecule has 0 radical (unpaired) electrons. The van der Waals surface area contributed by atoms with E-state index in [-0.39, 0.29) is 19.1 Å². The Labute approximate surface area is 131 Å². The lowest BCUT2D eigenvalue weighted by molar-refractivity contribution is -0.124. The number of amides is 1. The van der Waals surface area contributed by atoms with E-state index in [4.69, 9.17) is 18.7 Å². The van der Waals surface area contributed by atoms with Gasteiger partial charge in [-0.1, -0.05) is 11.2 Å². The first-order valence-electron chi connectivity index (χ1n) is 6.87. The Hall–Kier alpha value is -3.03. The molecule has 0 fully saturated rings. The van der Waals surface area contributed by atoms with Crippen LogP contribution < -0.4 is 14.8 Å². The molecule has 1 aromatic carbocycles. The van der Waals surface area contributed by atoms with E-state index in [0.717, 1.165) is 5.56 Å². The number of esters is 1. The summed E-state index contributed by atoms with van der Waals surface area (Å²) in [6.45, 7) is 1.76. The van der Waals surface area contributed by atoms with E-state index in [0.29, 0.717) is 17.2 Å². The van der Waals surface area contributed by atoms with E-state index >= 15 is 0 Å². The van der Waals surface area contributed by atoms with Crippen LogP contribution in [0.5, 0.6) is 11.5 Å². The standard InChI is InChI=1S/C15H14N2O6/c1-9-4-13(23-17-9)15(19)20-7-14(18)16-6-10-2-3-11-12(5-10)22-8-21-11/h2-5H,6-8H2,1H3,(H,16,18). The average Bonchev–Trinajstić information content (AvgIpc) is 3.18. The quantitative estimate of drug-likeness (QED) is 0.826. The van der Waals surface area contributed by atoms with Crippen LogP contribution in [0.1, 0.15) is 21.8 Å². The van der Waals surface area contributed by atoms with Gasteiger partial charge in [0.05, 0.1) is 5.69 Å². The smallest absolute Gasteiger partial charge is 0.377 e. The van der Waals surface area contributed by atoms with Crippen molar-refractivity contribution < 1.29 is 28.3 Å². The summed E-state index contributed by atoms with van der Waals surface area (Å²) in [4.78, 5) is 23.3. The van der Waals surface area contributed by atoms with Crippen molar-refractivity contribution in [2.75, 3.05) is 13.4 Å². The largest absolute Gasteiger partial charge is 0.454 e. The molecule has 0 saturated carbocycles.